The largest absolute Gasteiger partial charge is 0.419 e. The summed E-state index contributed by atoms with van der Waals surface area (Å²) in [5.74, 6) is -2.55. The van der Waals surface area contributed by atoms with Crippen LogP contribution in [0.2, 0.25) is 0 Å². The van der Waals surface area contributed by atoms with E-state index in [0.29, 0.717) is 30.7 Å². The van der Waals surface area contributed by atoms with Crippen molar-refractivity contribution in [3.8, 4) is 0 Å². The summed E-state index contributed by atoms with van der Waals surface area (Å²) in [6.07, 6.45) is -1.05. The van der Waals surface area contributed by atoms with Crippen molar-refractivity contribution in [1.29, 1.82) is 0 Å². The summed E-state index contributed by atoms with van der Waals surface area (Å²) in [4.78, 5) is 12.4. The van der Waals surface area contributed by atoms with Crippen LogP contribution in [0, 0.1) is 23.5 Å². The number of carbonyl (C=O) groups is 1. The number of halogens is 5. The molecule has 1 aromatic rings. The van der Waals surface area contributed by atoms with E-state index in [9.17, 15) is 35.2 Å². The fourth-order valence-electron chi connectivity index (χ4n) is 3.67. The molecule has 6 nitrogen and oxygen atoms in total. The third-order valence-electron chi connectivity index (χ3n) is 5.31. The molecule has 0 radical (unpaired) electrons. The smallest absolute Gasteiger partial charge is 0.348 e. The number of benzene rings is 1. The zero-order valence-corrected chi connectivity index (χ0v) is 16.7. The fourth-order valence-corrected chi connectivity index (χ4v) is 3.67. The van der Waals surface area contributed by atoms with Gasteiger partial charge in [-0.2, -0.15) is 21.6 Å². The van der Waals surface area contributed by atoms with Crippen LogP contribution in [0.5, 0.6) is 0 Å². The molecule has 3 N–H and O–H groups in total. The minimum atomic E-state index is -4.96. The summed E-state index contributed by atoms with van der Waals surface area (Å²) in [5, 5.41) is 5.89. The second kappa shape index (κ2) is 8.04. The SMILES string of the molecule is CS(=O)(=O)O.O=C(N[C@@H](c1cc(F)c(C(F)(F)F)cc1F)C1CC1)[C@H]1C[C@H]2C[C@H]2N1. The molecular weight excluding hydrogens is 435 g/mol. The normalized spacial score (nSPS) is 26.3. The molecule has 0 bridgehead atoms. The molecule has 1 amide bonds. The third-order valence-corrected chi connectivity index (χ3v) is 5.31. The maximum Gasteiger partial charge on any atom is 0.419 e. The number of amides is 1. The quantitative estimate of drug-likeness (QED) is 0.479. The molecule has 1 aliphatic heterocycles. The van der Waals surface area contributed by atoms with Gasteiger partial charge in [-0.15, -0.1) is 0 Å². The van der Waals surface area contributed by atoms with Crippen molar-refractivity contribution in [3.05, 3.63) is 34.9 Å². The van der Waals surface area contributed by atoms with Crippen LogP contribution in [0.1, 0.15) is 42.9 Å². The second-order valence-corrected chi connectivity index (χ2v) is 9.43. The van der Waals surface area contributed by atoms with Gasteiger partial charge < -0.3 is 10.6 Å². The summed E-state index contributed by atoms with van der Waals surface area (Å²) >= 11 is 0. The van der Waals surface area contributed by atoms with E-state index in [-0.39, 0.29) is 29.5 Å². The first-order chi connectivity index (χ1) is 13.7. The van der Waals surface area contributed by atoms with E-state index in [1.807, 2.05) is 0 Å². The van der Waals surface area contributed by atoms with Crippen molar-refractivity contribution >= 4 is 16.0 Å². The predicted octanol–water partition coefficient (Wildman–Crippen LogP) is 2.81. The second-order valence-electron chi connectivity index (χ2n) is 7.97. The van der Waals surface area contributed by atoms with Crippen molar-refractivity contribution in [3.63, 3.8) is 0 Å². The Morgan fingerprint density at radius 2 is 1.80 bits per heavy atom. The lowest BCUT2D eigenvalue weighted by molar-refractivity contribution is -0.140. The lowest BCUT2D eigenvalue weighted by Gasteiger charge is -2.23. The zero-order valence-electron chi connectivity index (χ0n) is 15.8. The lowest BCUT2D eigenvalue weighted by atomic mass is 9.98. The molecule has 0 unspecified atom stereocenters. The summed E-state index contributed by atoms with van der Waals surface area (Å²) in [5.41, 5.74) is -1.85. The van der Waals surface area contributed by atoms with Crippen molar-refractivity contribution in [2.24, 2.45) is 11.8 Å². The molecule has 2 aliphatic carbocycles. The monoisotopic (exact) mass is 456 g/mol. The number of rotatable bonds is 4. The summed E-state index contributed by atoms with van der Waals surface area (Å²) < 4.78 is 92.1. The van der Waals surface area contributed by atoms with E-state index >= 15 is 0 Å². The predicted molar refractivity (Wildman–Crippen MR) is 95.9 cm³/mol. The molecule has 3 fully saturated rings. The Labute approximate surface area is 170 Å². The number of piperidine rings is 1. The summed E-state index contributed by atoms with van der Waals surface area (Å²) in [6.45, 7) is 0. The summed E-state index contributed by atoms with van der Waals surface area (Å²) in [6, 6.07) is -0.0679. The van der Waals surface area contributed by atoms with E-state index in [1.54, 1.807) is 0 Å². The van der Waals surface area contributed by atoms with Gasteiger partial charge in [-0.05, 0) is 49.7 Å². The van der Waals surface area contributed by atoms with Crippen molar-refractivity contribution in [2.45, 2.75) is 50.0 Å². The molecule has 12 heteroatoms. The van der Waals surface area contributed by atoms with Gasteiger partial charge in [0.25, 0.3) is 10.1 Å². The van der Waals surface area contributed by atoms with Gasteiger partial charge in [0.2, 0.25) is 5.91 Å². The van der Waals surface area contributed by atoms with Gasteiger partial charge in [0, 0.05) is 11.6 Å². The standard InChI is InChI=1S/C17H17F5N2O.CH4O3S/c18-11-6-10(17(20,21)22)12(19)5-9(11)15(7-1-2-7)24-16(25)14-4-8-3-13(8)23-14;1-5(2,3)4/h5-8,13-15,23H,1-4H2,(H,24,25);1H3,(H,2,3,4)/t8-,13-,14-,15-;/m1./s1. The molecule has 1 aromatic carbocycles. The maximum atomic E-state index is 14.3. The van der Waals surface area contributed by atoms with Gasteiger partial charge in [-0.25, -0.2) is 8.78 Å². The average Bonchev–Trinajstić information content (AvgIpc) is 3.51. The molecule has 0 spiro atoms. The maximum absolute atomic E-state index is 14.3. The van der Waals surface area contributed by atoms with Gasteiger partial charge in [0.15, 0.2) is 0 Å². The lowest BCUT2D eigenvalue weighted by Crippen LogP contribution is -2.44. The first-order valence-corrected chi connectivity index (χ1v) is 11.1. The van der Waals surface area contributed by atoms with Crippen LogP contribution in [-0.4, -0.2) is 37.2 Å². The Balaban J connectivity index is 0.000000461. The molecular formula is C18H21F5N2O4S. The molecule has 168 valence electrons. The van der Waals surface area contributed by atoms with Crippen LogP contribution in [0.25, 0.3) is 0 Å². The Bertz CT molecular complexity index is 915. The molecule has 3 aliphatic rings. The number of fused-ring (bicyclic) bond motifs is 1. The average molecular weight is 456 g/mol. The van der Waals surface area contributed by atoms with Crippen LogP contribution in [0.4, 0.5) is 22.0 Å². The molecule has 2 saturated carbocycles. The van der Waals surface area contributed by atoms with Crippen LogP contribution < -0.4 is 10.6 Å². The van der Waals surface area contributed by atoms with Crippen molar-refractivity contribution < 1.29 is 39.7 Å². The van der Waals surface area contributed by atoms with Crippen LogP contribution in [-0.2, 0) is 21.1 Å². The van der Waals surface area contributed by atoms with Crippen LogP contribution >= 0.6 is 0 Å². The van der Waals surface area contributed by atoms with E-state index < -0.39 is 39.5 Å². The van der Waals surface area contributed by atoms with Gasteiger partial charge in [-0.1, -0.05) is 0 Å². The first-order valence-electron chi connectivity index (χ1n) is 9.29. The highest BCUT2D eigenvalue weighted by atomic mass is 32.2. The molecule has 1 saturated heterocycles. The Morgan fingerprint density at radius 1 is 1.20 bits per heavy atom. The molecule has 4 atom stereocenters. The zero-order chi connectivity index (χ0) is 22.4. The van der Waals surface area contributed by atoms with Gasteiger partial charge >= 0.3 is 6.18 Å². The highest BCUT2D eigenvalue weighted by Crippen LogP contribution is 2.44. The van der Waals surface area contributed by atoms with Gasteiger partial charge in [0.1, 0.15) is 11.6 Å². The van der Waals surface area contributed by atoms with E-state index in [1.165, 1.54) is 0 Å². The first kappa shape index (κ1) is 22.9. The number of hydrogen-bond acceptors (Lipinski definition) is 4. The molecule has 30 heavy (non-hydrogen) atoms. The molecule has 4 rings (SSSR count). The van der Waals surface area contributed by atoms with Crippen LogP contribution in [0.3, 0.4) is 0 Å². The van der Waals surface area contributed by atoms with E-state index in [0.717, 1.165) is 19.3 Å². The third kappa shape index (κ3) is 5.88. The molecule has 0 aromatic heterocycles. The highest BCUT2D eigenvalue weighted by Gasteiger charge is 2.48. The Morgan fingerprint density at radius 3 is 2.27 bits per heavy atom. The number of hydrogen-bond donors (Lipinski definition) is 3. The fraction of sp³-hybridized carbons (Fsp3) is 0.611. The highest BCUT2D eigenvalue weighted by molar-refractivity contribution is 7.85. The number of alkyl halides is 3. The number of nitrogens with one attached hydrogen (secondary N) is 2. The summed E-state index contributed by atoms with van der Waals surface area (Å²) in [7, 11) is -3.67. The molecule has 1 heterocycles. The number of carbonyl (C=O) groups excluding carboxylic acids is 1. The Kier molecular flexibility index (Phi) is 6.14. The van der Waals surface area contributed by atoms with E-state index in [4.69, 9.17) is 4.55 Å². The minimum Gasteiger partial charge on any atom is -0.348 e. The van der Waals surface area contributed by atoms with E-state index in [2.05, 4.69) is 10.6 Å². The van der Waals surface area contributed by atoms with Gasteiger partial charge in [0.05, 0.1) is 23.9 Å². The van der Waals surface area contributed by atoms with Crippen molar-refractivity contribution in [1.82, 2.24) is 10.6 Å². The van der Waals surface area contributed by atoms with Crippen LogP contribution in [0.15, 0.2) is 12.1 Å². The van der Waals surface area contributed by atoms with Gasteiger partial charge in [-0.3, -0.25) is 9.35 Å². The topological polar surface area (TPSA) is 95.5 Å². The van der Waals surface area contributed by atoms with Crippen molar-refractivity contribution in [2.75, 3.05) is 6.26 Å². The minimum absolute atomic E-state index is 0.0782. The Hall–Kier alpha value is -1.79.